The molecule has 0 bridgehead atoms. The second kappa shape index (κ2) is 8.48. The fourth-order valence-corrected chi connectivity index (χ4v) is 3.34. The van der Waals surface area contributed by atoms with Crippen molar-refractivity contribution >= 4 is 29.1 Å². The third-order valence-electron chi connectivity index (χ3n) is 4.62. The number of benzene rings is 2. The minimum atomic E-state index is -0.501. The van der Waals surface area contributed by atoms with Crippen LogP contribution in [0.15, 0.2) is 36.4 Å². The number of carbonyl (C=O) groups is 2. The number of anilines is 1. The van der Waals surface area contributed by atoms with Gasteiger partial charge in [0.2, 0.25) is 11.8 Å². The first-order valence-corrected chi connectivity index (χ1v) is 9.04. The molecule has 2 amide bonds. The maximum absolute atomic E-state index is 13.0. The van der Waals surface area contributed by atoms with E-state index in [4.69, 9.17) is 21.1 Å². The minimum Gasteiger partial charge on any atom is -0.495 e. The zero-order chi connectivity index (χ0) is 20.3. The molecule has 0 spiro atoms. The van der Waals surface area contributed by atoms with Crippen molar-refractivity contribution < 1.29 is 23.5 Å². The highest BCUT2D eigenvalue weighted by Gasteiger charge is 2.36. The lowest BCUT2D eigenvalue weighted by atomic mass is 10.1. The average Bonchev–Trinajstić information content (AvgIpc) is 3.08. The summed E-state index contributed by atoms with van der Waals surface area (Å²) in [6, 6.07) is 9.07. The Bertz CT molecular complexity index is 889. The van der Waals surface area contributed by atoms with E-state index >= 15 is 0 Å². The molecule has 1 N–H and O–H groups in total. The van der Waals surface area contributed by atoms with Gasteiger partial charge in [-0.15, -0.1) is 0 Å². The molecular weight excluding hydrogens is 387 g/mol. The second-order valence-corrected chi connectivity index (χ2v) is 6.82. The van der Waals surface area contributed by atoms with Gasteiger partial charge < -0.3 is 19.7 Å². The molecule has 1 saturated heterocycles. The highest BCUT2D eigenvalue weighted by Crippen LogP contribution is 2.40. The predicted molar refractivity (Wildman–Crippen MR) is 103 cm³/mol. The van der Waals surface area contributed by atoms with Crippen LogP contribution in [0.3, 0.4) is 0 Å². The maximum atomic E-state index is 13.0. The summed E-state index contributed by atoms with van der Waals surface area (Å²) in [6.07, 6.45) is 0.0854. The summed E-state index contributed by atoms with van der Waals surface area (Å²) in [4.78, 5) is 26.5. The zero-order valence-corrected chi connectivity index (χ0v) is 16.3. The molecule has 2 aromatic rings. The summed E-state index contributed by atoms with van der Waals surface area (Å²) in [5, 5.41) is 3.14. The molecule has 2 aromatic carbocycles. The van der Waals surface area contributed by atoms with E-state index in [0.717, 1.165) is 5.56 Å². The second-order valence-electron chi connectivity index (χ2n) is 6.41. The van der Waals surface area contributed by atoms with Crippen LogP contribution >= 0.6 is 11.6 Å². The van der Waals surface area contributed by atoms with Crippen molar-refractivity contribution in [3.8, 4) is 11.5 Å². The van der Waals surface area contributed by atoms with Crippen LogP contribution in [-0.2, 0) is 16.1 Å². The highest BCUT2D eigenvalue weighted by atomic mass is 35.5. The SMILES string of the molecule is COc1cc(OC)c(N2C[C@@H](C(=O)NCc3ccc(F)cc3)CC2=O)cc1Cl. The maximum Gasteiger partial charge on any atom is 0.227 e. The number of nitrogens with one attached hydrogen (secondary N) is 1. The van der Waals surface area contributed by atoms with Gasteiger partial charge in [0.15, 0.2) is 0 Å². The molecule has 1 fully saturated rings. The fourth-order valence-electron chi connectivity index (χ4n) is 3.11. The van der Waals surface area contributed by atoms with Gasteiger partial charge in [-0.2, -0.15) is 0 Å². The monoisotopic (exact) mass is 406 g/mol. The van der Waals surface area contributed by atoms with Crippen LogP contribution in [0, 0.1) is 11.7 Å². The molecule has 3 rings (SSSR count). The van der Waals surface area contributed by atoms with E-state index in [1.165, 1.54) is 31.3 Å². The molecule has 0 aliphatic carbocycles. The summed E-state index contributed by atoms with van der Waals surface area (Å²) in [5.41, 5.74) is 1.27. The van der Waals surface area contributed by atoms with Crippen LogP contribution in [0.1, 0.15) is 12.0 Å². The van der Waals surface area contributed by atoms with Crippen LogP contribution in [0.2, 0.25) is 5.02 Å². The summed E-state index contributed by atoms with van der Waals surface area (Å²) in [7, 11) is 2.97. The van der Waals surface area contributed by atoms with Crippen LogP contribution in [0.5, 0.6) is 11.5 Å². The lowest BCUT2D eigenvalue weighted by Gasteiger charge is -2.21. The average molecular weight is 407 g/mol. The normalized spacial score (nSPS) is 16.2. The van der Waals surface area contributed by atoms with Crippen molar-refractivity contribution in [2.24, 2.45) is 5.92 Å². The largest absolute Gasteiger partial charge is 0.495 e. The zero-order valence-electron chi connectivity index (χ0n) is 15.5. The topological polar surface area (TPSA) is 67.9 Å². The molecule has 1 heterocycles. The standard InChI is InChI=1S/C20H20ClFN2O4/c1-27-17-9-18(28-2)16(8-15(17)21)24-11-13(7-19(24)25)20(26)23-10-12-3-5-14(22)6-4-12/h3-6,8-9,13H,7,10-11H2,1-2H3,(H,23,26)/t13-/m0/s1. The fraction of sp³-hybridized carbons (Fsp3) is 0.300. The molecule has 6 nitrogen and oxygen atoms in total. The molecule has 0 aromatic heterocycles. The Morgan fingerprint density at radius 3 is 2.54 bits per heavy atom. The Morgan fingerprint density at radius 2 is 1.89 bits per heavy atom. The molecule has 148 valence electrons. The van der Waals surface area contributed by atoms with E-state index in [0.29, 0.717) is 22.2 Å². The van der Waals surface area contributed by atoms with Gasteiger partial charge in [0.25, 0.3) is 0 Å². The van der Waals surface area contributed by atoms with Crippen LogP contribution in [0.25, 0.3) is 0 Å². The van der Waals surface area contributed by atoms with Gasteiger partial charge in [-0.05, 0) is 23.8 Å². The molecule has 1 aliphatic heterocycles. The first-order valence-electron chi connectivity index (χ1n) is 8.67. The van der Waals surface area contributed by atoms with E-state index in [2.05, 4.69) is 5.32 Å². The van der Waals surface area contributed by atoms with Crippen molar-refractivity contribution in [2.75, 3.05) is 25.7 Å². The number of amides is 2. The van der Waals surface area contributed by atoms with Gasteiger partial charge >= 0.3 is 0 Å². The van der Waals surface area contributed by atoms with Gasteiger partial charge in [-0.3, -0.25) is 9.59 Å². The van der Waals surface area contributed by atoms with Crippen LogP contribution < -0.4 is 19.7 Å². The third kappa shape index (κ3) is 4.20. The van der Waals surface area contributed by atoms with E-state index in [-0.39, 0.29) is 37.1 Å². The molecule has 28 heavy (non-hydrogen) atoms. The van der Waals surface area contributed by atoms with Crippen molar-refractivity contribution in [1.82, 2.24) is 5.32 Å². The number of rotatable bonds is 6. The van der Waals surface area contributed by atoms with Crippen molar-refractivity contribution in [2.45, 2.75) is 13.0 Å². The smallest absolute Gasteiger partial charge is 0.227 e. The highest BCUT2D eigenvalue weighted by molar-refractivity contribution is 6.32. The van der Waals surface area contributed by atoms with Gasteiger partial charge in [0, 0.05) is 25.6 Å². The molecule has 1 aliphatic rings. The number of halogens is 2. The van der Waals surface area contributed by atoms with Crippen molar-refractivity contribution in [3.05, 3.63) is 52.8 Å². The summed E-state index contributed by atoms with van der Waals surface area (Å²) in [5.74, 6) is -0.401. The Kier molecular flexibility index (Phi) is 6.04. The van der Waals surface area contributed by atoms with Gasteiger partial charge in [-0.25, -0.2) is 4.39 Å². The Balaban J connectivity index is 1.70. The molecule has 0 radical (unpaired) electrons. The van der Waals surface area contributed by atoms with E-state index in [9.17, 15) is 14.0 Å². The van der Waals surface area contributed by atoms with Gasteiger partial charge in [0.1, 0.15) is 17.3 Å². The molecular formula is C20H20ClFN2O4. The summed E-state index contributed by atoms with van der Waals surface area (Å²) >= 11 is 6.19. The quantitative estimate of drug-likeness (QED) is 0.800. The predicted octanol–water partition coefficient (Wildman–Crippen LogP) is 3.17. The minimum absolute atomic E-state index is 0.0854. The Hall–Kier alpha value is -2.80. The lowest BCUT2D eigenvalue weighted by Crippen LogP contribution is -2.32. The molecule has 1 atom stereocenters. The Morgan fingerprint density at radius 1 is 1.21 bits per heavy atom. The van der Waals surface area contributed by atoms with Gasteiger partial charge in [0.05, 0.1) is 30.8 Å². The number of carbonyl (C=O) groups excluding carboxylic acids is 2. The van der Waals surface area contributed by atoms with E-state index < -0.39 is 5.92 Å². The summed E-state index contributed by atoms with van der Waals surface area (Å²) in [6.45, 7) is 0.481. The van der Waals surface area contributed by atoms with Crippen molar-refractivity contribution in [1.29, 1.82) is 0 Å². The van der Waals surface area contributed by atoms with Gasteiger partial charge in [-0.1, -0.05) is 23.7 Å². The number of nitrogens with zero attached hydrogens (tertiary/aromatic N) is 1. The summed E-state index contributed by atoms with van der Waals surface area (Å²) < 4.78 is 23.5. The van der Waals surface area contributed by atoms with Crippen LogP contribution in [0.4, 0.5) is 10.1 Å². The first-order chi connectivity index (χ1) is 13.4. The van der Waals surface area contributed by atoms with Crippen LogP contribution in [-0.4, -0.2) is 32.6 Å². The number of hydrogen-bond donors (Lipinski definition) is 1. The van der Waals surface area contributed by atoms with E-state index in [1.807, 2.05) is 0 Å². The molecule has 8 heteroatoms. The third-order valence-corrected chi connectivity index (χ3v) is 4.92. The number of hydrogen-bond acceptors (Lipinski definition) is 4. The molecule has 0 saturated carbocycles. The first kappa shape index (κ1) is 19.9. The Labute approximate surface area is 167 Å². The van der Waals surface area contributed by atoms with Crippen molar-refractivity contribution in [3.63, 3.8) is 0 Å². The number of ether oxygens (including phenoxy) is 2. The lowest BCUT2D eigenvalue weighted by molar-refractivity contribution is -0.126. The number of methoxy groups -OCH3 is 2. The molecule has 0 unspecified atom stereocenters. The van der Waals surface area contributed by atoms with E-state index in [1.54, 1.807) is 24.3 Å².